The summed E-state index contributed by atoms with van der Waals surface area (Å²) in [7, 11) is 0. The number of aromatic nitrogens is 2. The maximum absolute atomic E-state index is 12.6. The molecule has 9 heteroatoms. The molecule has 1 aliphatic heterocycles. The molecule has 0 radical (unpaired) electrons. The van der Waals surface area contributed by atoms with Gasteiger partial charge in [0.05, 0.1) is 11.4 Å². The lowest BCUT2D eigenvalue weighted by molar-refractivity contribution is -0.274. The zero-order valence-electron chi connectivity index (χ0n) is 14.4. The number of ether oxygens (including phenoxy) is 1. The smallest absolute Gasteiger partial charge is 0.406 e. The number of anilines is 1. The molecule has 0 bridgehead atoms. The molecule has 0 fully saturated rings. The van der Waals surface area contributed by atoms with Crippen molar-refractivity contribution in [2.75, 3.05) is 11.1 Å². The van der Waals surface area contributed by atoms with E-state index in [1.807, 2.05) is 18.3 Å². The number of fused-ring (bicyclic) bond motifs is 1. The number of hydrogen-bond acceptors (Lipinski definition) is 4. The molecule has 28 heavy (non-hydrogen) atoms. The molecular formula is C19H14F3N3O2S. The molecule has 1 aliphatic rings. The number of imidazole rings is 1. The van der Waals surface area contributed by atoms with Crippen molar-refractivity contribution in [3.63, 3.8) is 0 Å². The molecule has 2 heterocycles. The lowest BCUT2D eigenvalue weighted by atomic mass is 10.1. The van der Waals surface area contributed by atoms with E-state index in [4.69, 9.17) is 0 Å². The van der Waals surface area contributed by atoms with Gasteiger partial charge in [0.2, 0.25) is 0 Å². The van der Waals surface area contributed by atoms with Gasteiger partial charge in [0, 0.05) is 29.6 Å². The van der Waals surface area contributed by atoms with Crippen LogP contribution in [-0.4, -0.2) is 27.6 Å². The average molecular weight is 405 g/mol. The maximum Gasteiger partial charge on any atom is 0.573 e. The van der Waals surface area contributed by atoms with E-state index in [2.05, 4.69) is 19.6 Å². The number of carbonyl (C=O) groups is 1. The van der Waals surface area contributed by atoms with Crippen LogP contribution in [0.1, 0.15) is 10.4 Å². The Kier molecular flexibility index (Phi) is 4.76. The number of hydrogen-bond donors (Lipinski definition) is 1. The van der Waals surface area contributed by atoms with Gasteiger partial charge in [-0.25, -0.2) is 4.98 Å². The highest BCUT2D eigenvalue weighted by molar-refractivity contribution is 7.99. The molecule has 2 aromatic carbocycles. The molecule has 0 saturated carbocycles. The molecule has 1 aromatic heterocycles. The summed E-state index contributed by atoms with van der Waals surface area (Å²) in [4.78, 5) is 17.2. The average Bonchev–Trinajstić information content (AvgIpc) is 3.23. The van der Waals surface area contributed by atoms with Gasteiger partial charge < -0.3 is 14.6 Å². The third-order valence-corrected chi connectivity index (χ3v) is 5.05. The van der Waals surface area contributed by atoms with Crippen LogP contribution in [0.2, 0.25) is 0 Å². The number of benzene rings is 2. The number of amides is 1. The standard InChI is InChI=1S/C19H14F3N3O2S/c20-19(21,22)27-13-5-3-4-12(10-13)17(26)23-15-7-2-1-6-14(15)16-11-25-8-9-28-18(25)24-16/h1-7,10-11H,8-9H2,(H,23,26). The zero-order chi connectivity index (χ0) is 19.7. The molecule has 0 atom stereocenters. The van der Waals surface area contributed by atoms with Gasteiger partial charge in [-0.05, 0) is 24.3 Å². The van der Waals surface area contributed by atoms with Gasteiger partial charge in [-0.3, -0.25) is 4.79 Å². The molecule has 0 unspecified atom stereocenters. The van der Waals surface area contributed by atoms with E-state index >= 15 is 0 Å². The summed E-state index contributed by atoms with van der Waals surface area (Å²) in [6.45, 7) is 0.882. The SMILES string of the molecule is O=C(Nc1ccccc1-c1cn2c(n1)SCC2)c1cccc(OC(F)(F)F)c1. The second kappa shape index (κ2) is 7.23. The monoisotopic (exact) mass is 405 g/mol. The van der Waals surface area contributed by atoms with Crippen molar-refractivity contribution in [2.45, 2.75) is 18.1 Å². The first-order chi connectivity index (χ1) is 13.4. The van der Waals surface area contributed by atoms with Crippen LogP contribution in [0.25, 0.3) is 11.3 Å². The Morgan fingerprint density at radius 3 is 2.79 bits per heavy atom. The maximum atomic E-state index is 12.6. The Morgan fingerprint density at radius 1 is 1.18 bits per heavy atom. The largest absolute Gasteiger partial charge is 0.573 e. The second-order valence-corrected chi connectivity index (χ2v) is 7.09. The summed E-state index contributed by atoms with van der Waals surface area (Å²) >= 11 is 1.66. The van der Waals surface area contributed by atoms with Crippen molar-refractivity contribution in [3.8, 4) is 17.0 Å². The first kappa shape index (κ1) is 18.4. The molecule has 5 nitrogen and oxygen atoms in total. The van der Waals surface area contributed by atoms with Crippen LogP contribution in [-0.2, 0) is 6.54 Å². The van der Waals surface area contributed by atoms with E-state index in [0.29, 0.717) is 5.69 Å². The van der Waals surface area contributed by atoms with Gasteiger partial charge in [0.15, 0.2) is 5.16 Å². The van der Waals surface area contributed by atoms with Gasteiger partial charge >= 0.3 is 6.36 Å². The molecule has 4 rings (SSSR count). The molecule has 0 saturated heterocycles. The number of thioether (sulfide) groups is 1. The number of para-hydroxylation sites is 1. The van der Waals surface area contributed by atoms with Crippen LogP contribution in [0.4, 0.5) is 18.9 Å². The predicted octanol–water partition coefficient (Wildman–Crippen LogP) is 4.81. The van der Waals surface area contributed by atoms with Crippen molar-refractivity contribution >= 4 is 23.4 Å². The molecule has 3 aromatic rings. The summed E-state index contributed by atoms with van der Waals surface area (Å²) < 4.78 is 43.1. The summed E-state index contributed by atoms with van der Waals surface area (Å²) in [5.74, 6) is -0.00525. The molecule has 0 aliphatic carbocycles. The highest BCUT2D eigenvalue weighted by Gasteiger charge is 2.31. The summed E-state index contributed by atoms with van der Waals surface area (Å²) in [5.41, 5.74) is 2.05. The number of alkyl halides is 3. The van der Waals surface area contributed by atoms with Gasteiger partial charge in [0.1, 0.15) is 5.75 Å². The number of rotatable bonds is 4. The van der Waals surface area contributed by atoms with Crippen LogP contribution in [0.3, 0.4) is 0 Å². The minimum Gasteiger partial charge on any atom is -0.406 e. The topological polar surface area (TPSA) is 56.2 Å². The van der Waals surface area contributed by atoms with Crippen molar-refractivity contribution in [2.24, 2.45) is 0 Å². The van der Waals surface area contributed by atoms with E-state index in [1.54, 1.807) is 23.9 Å². The van der Waals surface area contributed by atoms with Crippen LogP contribution < -0.4 is 10.1 Å². The van der Waals surface area contributed by atoms with Crippen LogP contribution in [0.15, 0.2) is 59.9 Å². The second-order valence-electron chi connectivity index (χ2n) is 6.03. The fourth-order valence-corrected chi connectivity index (χ4v) is 3.83. The van der Waals surface area contributed by atoms with Crippen molar-refractivity contribution in [1.82, 2.24) is 9.55 Å². The van der Waals surface area contributed by atoms with Crippen molar-refractivity contribution in [1.29, 1.82) is 0 Å². The summed E-state index contributed by atoms with van der Waals surface area (Å²) in [6, 6.07) is 12.1. The van der Waals surface area contributed by atoms with E-state index in [-0.39, 0.29) is 5.56 Å². The van der Waals surface area contributed by atoms with Gasteiger partial charge in [-0.1, -0.05) is 36.0 Å². The minimum atomic E-state index is -4.82. The fourth-order valence-electron chi connectivity index (χ4n) is 2.88. The zero-order valence-corrected chi connectivity index (χ0v) is 15.2. The molecule has 1 N–H and O–H groups in total. The van der Waals surface area contributed by atoms with E-state index in [0.717, 1.165) is 40.8 Å². The number of halogens is 3. The Bertz CT molecular complexity index is 1010. The van der Waals surface area contributed by atoms with E-state index < -0.39 is 18.0 Å². The number of carbonyl (C=O) groups excluding carboxylic acids is 1. The lowest BCUT2D eigenvalue weighted by Crippen LogP contribution is -2.18. The van der Waals surface area contributed by atoms with Crippen LogP contribution in [0, 0.1) is 0 Å². The van der Waals surface area contributed by atoms with Gasteiger partial charge in [-0.2, -0.15) is 0 Å². The Hall–Kier alpha value is -2.94. The quantitative estimate of drug-likeness (QED) is 0.677. The first-order valence-electron chi connectivity index (χ1n) is 8.35. The van der Waals surface area contributed by atoms with Gasteiger partial charge in [0.25, 0.3) is 5.91 Å². The summed E-state index contributed by atoms with van der Waals surface area (Å²) in [5, 5.41) is 3.67. The molecule has 144 valence electrons. The number of aryl methyl sites for hydroxylation is 1. The van der Waals surface area contributed by atoms with Crippen LogP contribution in [0.5, 0.6) is 5.75 Å². The Balaban J connectivity index is 1.58. The summed E-state index contributed by atoms with van der Waals surface area (Å²) in [6.07, 6.45) is -2.89. The third kappa shape index (κ3) is 3.99. The normalized spacial score (nSPS) is 13.2. The highest BCUT2D eigenvalue weighted by atomic mass is 32.2. The minimum absolute atomic E-state index is 0.0550. The number of nitrogens with zero attached hydrogens (tertiary/aromatic N) is 2. The fraction of sp³-hybridized carbons (Fsp3) is 0.158. The Labute approximate surface area is 162 Å². The van der Waals surface area contributed by atoms with Crippen molar-refractivity contribution in [3.05, 3.63) is 60.3 Å². The lowest BCUT2D eigenvalue weighted by Gasteiger charge is -2.12. The molecule has 0 spiro atoms. The highest BCUT2D eigenvalue weighted by Crippen LogP contribution is 2.33. The third-order valence-electron chi connectivity index (χ3n) is 4.08. The molecular weight excluding hydrogens is 391 g/mol. The van der Waals surface area contributed by atoms with Crippen LogP contribution >= 0.6 is 11.8 Å². The molecule has 1 amide bonds. The number of nitrogens with one attached hydrogen (secondary N) is 1. The first-order valence-corrected chi connectivity index (χ1v) is 9.34. The predicted molar refractivity (Wildman–Crippen MR) is 99.5 cm³/mol. The van der Waals surface area contributed by atoms with E-state index in [9.17, 15) is 18.0 Å². The Morgan fingerprint density at radius 2 is 2.00 bits per heavy atom. The van der Waals surface area contributed by atoms with Crippen molar-refractivity contribution < 1.29 is 22.7 Å². The van der Waals surface area contributed by atoms with Gasteiger partial charge in [-0.15, -0.1) is 13.2 Å². The van der Waals surface area contributed by atoms with E-state index in [1.165, 1.54) is 12.1 Å².